The molecular weight excluding hydrogens is 330 g/mol. The lowest BCUT2D eigenvalue weighted by Crippen LogP contribution is -2.41. The maximum absolute atomic E-state index is 10.9. The van der Waals surface area contributed by atoms with Crippen LogP contribution in [-0.2, 0) is 19.6 Å². The van der Waals surface area contributed by atoms with E-state index in [1.54, 1.807) is 0 Å². The molecule has 0 N–H and O–H groups in total. The fourth-order valence-electron chi connectivity index (χ4n) is 2.54. The number of unbranched alkanes of at least 4 members (excludes halogenated alkanes) is 6. The van der Waals surface area contributed by atoms with Gasteiger partial charge in [0, 0.05) is 18.2 Å². The van der Waals surface area contributed by atoms with Gasteiger partial charge >= 0.3 is 5.97 Å². The second kappa shape index (κ2) is 12.4. The minimum absolute atomic E-state index is 0.235. The molecule has 0 saturated heterocycles. The van der Waals surface area contributed by atoms with Crippen molar-refractivity contribution in [1.29, 1.82) is 0 Å². The summed E-state index contributed by atoms with van der Waals surface area (Å²) in [6.07, 6.45) is 8.84. The molecule has 0 bridgehead atoms. The van der Waals surface area contributed by atoms with Crippen molar-refractivity contribution in [3.8, 4) is 0 Å². The first kappa shape index (κ1) is 23.1. The third kappa shape index (κ3) is 16.0. The van der Waals surface area contributed by atoms with Crippen LogP contribution in [0.4, 0.5) is 0 Å². The van der Waals surface area contributed by atoms with E-state index in [2.05, 4.69) is 20.7 Å². The molecule has 0 fully saturated rings. The molecule has 24 heavy (non-hydrogen) atoms. The monoisotopic (exact) mass is 363 g/mol. The minimum atomic E-state index is -4.04. The second-order valence-electron chi connectivity index (χ2n) is 6.84. The standard InChI is InChI=1S/C17H33NO5S/c1-4-17(19)23-15-12-14-18(2,3)13-10-8-6-5-7-9-11-16-24(20,21)22/h4H,1,5-16H2,2-3H3. The van der Waals surface area contributed by atoms with Gasteiger partial charge in [0.05, 0.1) is 43.9 Å². The Morgan fingerprint density at radius 1 is 1.00 bits per heavy atom. The highest BCUT2D eigenvalue weighted by molar-refractivity contribution is 7.85. The van der Waals surface area contributed by atoms with E-state index in [1.165, 1.54) is 6.08 Å². The summed E-state index contributed by atoms with van der Waals surface area (Å²) in [7, 11) is 0.316. The van der Waals surface area contributed by atoms with Crippen molar-refractivity contribution in [2.75, 3.05) is 39.5 Å². The molecule has 0 unspecified atom stereocenters. The van der Waals surface area contributed by atoms with Gasteiger partial charge in [-0.3, -0.25) is 0 Å². The van der Waals surface area contributed by atoms with Crippen molar-refractivity contribution >= 4 is 16.1 Å². The zero-order valence-electron chi connectivity index (χ0n) is 15.2. The van der Waals surface area contributed by atoms with Crippen molar-refractivity contribution in [2.45, 2.75) is 51.4 Å². The Hall–Kier alpha value is -0.920. The van der Waals surface area contributed by atoms with Crippen molar-refractivity contribution in [3.63, 3.8) is 0 Å². The molecule has 0 amide bonds. The third-order valence-corrected chi connectivity index (χ3v) is 4.77. The Morgan fingerprint density at radius 3 is 2.04 bits per heavy atom. The zero-order chi connectivity index (χ0) is 18.5. The number of quaternary nitrogens is 1. The molecule has 0 radical (unpaired) electrons. The SMILES string of the molecule is C=CC(=O)OCCC[N+](C)(C)CCCCCCCCCS(=O)(=O)[O-]. The number of carbonyl (C=O) groups is 1. The van der Waals surface area contributed by atoms with Crippen LogP contribution in [0.3, 0.4) is 0 Å². The number of hydrogen-bond donors (Lipinski definition) is 0. The number of esters is 1. The lowest BCUT2D eigenvalue weighted by Gasteiger charge is -2.29. The lowest BCUT2D eigenvalue weighted by atomic mass is 10.1. The summed E-state index contributed by atoms with van der Waals surface area (Å²) >= 11 is 0. The van der Waals surface area contributed by atoms with E-state index >= 15 is 0 Å². The summed E-state index contributed by atoms with van der Waals surface area (Å²) in [5.74, 6) is -0.603. The van der Waals surface area contributed by atoms with Crippen molar-refractivity contribution < 1.29 is 27.0 Å². The van der Waals surface area contributed by atoms with Crippen molar-refractivity contribution in [3.05, 3.63) is 12.7 Å². The zero-order valence-corrected chi connectivity index (χ0v) is 16.0. The molecule has 0 spiro atoms. The van der Waals surface area contributed by atoms with Gasteiger partial charge in [0.2, 0.25) is 0 Å². The van der Waals surface area contributed by atoms with E-state index in [0.717, 1.165) is 62.5 Å². The van der Waals surface area contributed by atoms with Crippen LogP contribution < -0.4 is 0 Å². The van der Waals surface area contributed by atoms with Gasteiger partial charge in [-0.1, -0.05) is 32.3 Å². The van der Waals surface area contributed by atoms with Gasteiger partial charge < -0.3 is 13.8 Å². The van der Waals surface area contributed by atoms with Gasteiger partial charge in [-0.05, 0) is 19.3 Å². The van der Waals surface area contributed by atoms with E-state index in [9.17, 15) is 17.8 Å². The molecule has 0 saturated carbocycles. The highest BCUT2D eigenvalue weighted by Crippen LogP contribution is 2.10. The van der Waals surface area contributed by atoms with Crippen molar-refractivity contribution in [1.82, 2.24) is 0 Å². The molecule has 7 heteroatoms. The highest BCUT2D eigenvalue weighted by Gasteiger charge is 2.14. The van der Waals surface area contributed by atoms with Crippen LogP contribution in [0.1, 0.15) is 51.4 Å². The van der Waals surface area contributed by atoms with Gasteiger partial charge in [-0.2, -0.15) is 0 Å². The molecule has 0 aliphatic rings. The molecule has 0 atom stereocenters. The fourth-order valence-corrected chi connectivity index (χ4v) is 3.10. The van der Waals surface area contributed by atoms with Crippen LogP contribution in [0, 0.1) is 0 Å². The molecule has 0 aliphatic carbocycles. The first-order valence-electron chi connectivity index (χ1n) is 8.71. The van der Waals surface area contributed by atoms with E-state index in [-0.39, 0.29) is 11.7 Å². The summed E-state index contributed by atoms with van der Waals surface area (Å²) < 4.78 is 37.3. The molecule has 0 aliphatic heterocycles. The minimum Gasteiger partial charge on any atom is -0.748 e. The maximum Gasteiger partial charge on any atom is 0.330 e. The van der Waals surface area contributed by atoms with Gasteiger partial charge in [0.15, 0.2) is 0 Å². The quantitative estimate of drug-likeness (QED) is 0.147. The first-order valence-corrected chi connectivity index (χ1v) is 10.3. The Morgan fingerprint density at radius 2 is 1.50 bits per heavy atom. The Labute approximate surface area is 147 Å². The van der Waals surface area contributed by atoms with Crippen LogP contribution in [-0.4, -0.2) is 63.0 Å². The molecule has 6 nitrogen and oxygen atoms in total. The lowest BCUT2D eigenvalue weighted by molar-refractivity contribution is -0.890. The summed E-state index contributed by atoms with van der Waals surface area (Å²) in [5, 5.41) is 0. The average molecular weight is 364 g/mol. The molecule has 142 valence electrons. The third-order valence-electron chi connectivity index (χ3n) is 3.98. The van der Waals surface area contributed by atoms with Crippen molar-refractivity contribution in [2.24, 2.45) is 0 Å². The number of rotatable bonds is 15. The smallest absolute Gasteiger partial charge is 0.330 e. The van der Waals surface area contributed by atoms with Gasteiger partial charge in [0.25, 0.3) is 0 Å². The second-order valence-corrected chi connectivity index (χ2v) is 8.37. The number of hydrogen-bond acceptors (Lipinski definition) is 5. The van der Waals surface area contributed by atoms with Gasteiger partial charge in [0.1, 0.15) is 0 Å². The van der Waals surface area contributed by atoms with Crippen LogP contribution in [0.25, 0.3) is 0 Å². The predicted molar refractivity (Wildman–Crippen MR) is 94.5 cm³/mol. The normalized spacial score (nSPS) is 12.1. The van der Waals surface area contributed by atoms with Crippen LogP contribution in [0.5, 0.6) is 0 Å². The number of ether oxygens (including phenoxy) is 1. The molecule has 0 rings (SSSR count). The fraction of sp³-hybridized carbons (Fsp3) is 0.824. The van der Waals surface area contributed by atoms with Crippen LogP contribution in [0.2, 0.25) is 0 Å². The number of carbonyl (C=O) groups excluding carboxylic acids is 1. The van der Waals surface area contributed by atoms with Gasteiger partial charge in [-0.25, -0.2) is 13.2 Å². The van der Waals surface area contributed by atoms with E-state index in [4.69, 9.17) is 4.74 Å². The molecule has 0 heterocycles. The Kier molecular flexibility index (Phi) is 12.0. The first-order chi connectivity index (χ1) is 11.2. The average Bonchev–Trinajstić information content (AvgIpc) is 2.48. The Balaban J connectivity index is 3.51. The van der Waals surface area contributed by atoms with Crippen LogP contribution in [0.15, 0.2) is 12.7 Å². The van der Waals surface area contributed by atoms with Gasteiger partial charge in [-0.15, -0.1) is 0 Å². The summed E-state index contributed by atoms with van der Waals surface area (Å²) in [6, 6.07) is 0. The van der Waals surface area contributed by atoms with Crippen LogP contribution >= 0.6 is 0 Å². The molecule has 0 aromatic carbocycles. The summed E-state index contributed by atoms with van der Waals surface area (Å²) in [6.45, 7) is 5.85. The summed E-state index contributed by atoms with van der Waals surface area (Å²) in [4.78, 5) is 10.9. The van der Waals surface area contributed by atoms with E-state index in [1.807, 2.05) is 0 Å². The number of nitrogens with zero attached hydrogens (tertiary/aromatic N) is 1. The van der Waals surface area contributed by atoms with E-state index in [0.29, 0.717) is 13.0 Å². The topological polar surface area (TPSA) is 83.5 Å². The summed E-state index contributed by atoms with van der Waals surface area (Å²) in [5.41, 5.74) is 0. The predicted octanol–water partition coefficient (Wildman–Crippen LogP) is 2.46. The molecule has 0 aromatic rings. The Bertz CT molecular complexity index is 460. The largest absolute Gasteiger partial charge is 0.748 e. The molecular formula is C17H33NO5S. The maximum atomic E-state index is 10.9. The van der Waals surface area contributed by atoms with E-state index < -0.39 is 10.1 Å². The molecule has 0 aromatic heterocycles. The highest BCUT2D eigenvalue weighted by atomic mass is 32.2.